The van der Waals surface area contributed by atoms with Crippen LogP contribution < -0.4 is 0 Å². The molecule has 146 valence electrons. The van der Waals surface area contributed by atoms with Crippen molar-refractivity contribution >= 4 is 10.9 Å². The zero-order valence-electron chi connectivity index (χ0n) is 16.5. The molecule has 4 rings (SSSR count). The van der Waals surface area contributed by atoms with Crippen LogP contribution in [0.25, 0.3) is 10.9 Å². The van der Waals surface area contributed by atoms with Crippen molar-refractivity contribution in [3.63, 3.8) is 0 Å². The number of hydrogen-bond acceptors (Lipinski definition) is 5. The second kappa shape index (κ2) is 7.84. The maximum atomic E-state index is 10.7. The van der Waals surface area contributed by atoms with Crippen LogP contribution in [-0.4, -0.2) is 77.5 Å². The number of morpholine rings is 1. The first kappa shape index (κ1) is 18.8. The van der Waals surface area contributed by atoms with Crippen molar-refractivity contribution in [2.75, 3.05) is 45.9 Å². The summed E-state index contributed by atoms with van der Waals surface area (Å²) >= 11 is 0. The van der Waals surface area contributed by atoms with Gasteiger partial charge in [0.05, 0.1) is 24.8 Å². The van der Waals surface area contributed by atoms with Crippen LogP contribution in [0.1, 0.15) is 19.4 Å². The number of ether oxygens (including phenoxy) is 1. The molecule has 2 aromatic rings. The van der Waals surface area contributed by atoms with Crippen LogP contribution >= 0.6 is 0 Å². The van der Waals surface area contributed by atoms with Gasteiger partial charge in [-0.3, -0.25) is 14.8 Å². The van der Waals surface area contributed by atoms with E-state index in [4.69, 9.17) is 4.74 Å². The lowest BCUT2D eigenvalue weighted by Crippen LogP contribution is -2.55. The van der Waals surface area contributed by atoms with Crippen molar-refractivity contribution in [3.8, 4) is 0 Å². The molecule has 0 saturated carbocycles. The topological polar surface area (TPSA) is 48.8 Å². The Balaban J connectivity index is 1.42. The molecule has 1 aromatic heterocycles. The van der Waals surface area contributed by atoms with Gasteiger partial charge in [-0.25, -0.2) is 0 Å². The maximum absolute atomic E-state index is 10.7. The smallest absolute Gasteiger partial charge is 0.0710 e. The lowest BCUT2D eigenvalue weighted by molar-refractivity contribution is -0.0205. The van der Waals surface area contributed by atoms with Crippen molar-refractivity contribution in [1.29, 1.82) is 0 Å². The number of aliphatic hydroxyl groups is 1. The molecule has 0 unspecified atom stereocenters. The number of aliphatic hydroxyl groups excluding tert-OH is 1. The molecule has 3 heterocycles. The number of para-hydroxylation sites is 1. The largest absolute Gasteiger partial charge is 0.391 e. The molecule has 1 N–H and O–H groups in total. The van der Waals surface area contributed by atoms with Crippen LogP contribution in [0.15, 0.2) is 36.5 Å². The number of nitrogens with zero attached hydrogens (tertiary/aromatic N) is 3. The number of rotatable bonds is 5. The first-order valence-corrected chi connectivity index (χ1v) is 10.1. The van der Waals surface area contributed by atoms with Crippen molar-refractivity contribution in [2.24, 2.45) is 5.92 Å². The van der Waals surface area contributed by atoms with Crippen LogP contribution in [0.4, 0.5) is 0 Å². The Kier molecular flexibility index (Phi) is 5.46. The van der Waals surface area contributed by atoms with E-state index in [0.717, 1.165) is 57.9 Å². The lowest BCUT2D eigenvalue weighted by Gasteiger charge is -2.42. The van der Waals surface area contributed by atoms with E-state index < -0.39 is 0 Å². The van der Waals surface area contributed by atoms with E-state index in [2.05, 4.69) is 52.9 Å². The highest BCUT2D eigenvalue weighted by molar-refractivity contribution is 5.81. The number of aromatic nitrogens is 1. The molecular formula is C22H31N3O2. The third-order valence-electron chi connectivity index (χ3n) is 6.18. The zero-order chi connectivity index (χ0) is 18.9. The Morgan fingerprint density at radius 1 is 1.15 bits per heavy atom. The van der Waals surface area contributed by atoms with Crippen molar-refractivity contribution in [2.45, 2.75) is 31.9 Å². The number of β-amino-alcohol motifs (C(OH)–C–C–N with tert-alkyl or cyclic N) is 1. The Morgan fingerprint density at radius 2 is 1.93 bits per heavy atom. The predicted octanol–water partition coefficient (Wildman–Crippen LogP) is 2.18. The highest BCUT2D eigenvalue weighted by Gasteiger charge is 2.36. The fourth-order valence-corrected chi connectivity index (χ4v) is 4.70. The molecule has 5 heteroatoms. The second-order valence-corrected chi connectivity index (χ2v) is 8.62. The number of hydrogen-bond donors (Lipinski definition) is 1. The Bertz CT molecular complexity index is 768. The summed E-state index contributed by atoms with van der Waals surface area (Å²) in [6.45, 7) is 11.0. The van der Waals surface area contributed by atoms with Gasteiger partial charge in [-0.1, -0.05) is 18.2 Å². The monoisotopic (exact) mass is 369 g/mol. The van der Waals surface area contributed by atoms with Crippen LogP contribution in [0, 0.1) is 5.92 Å². The Labute approximate surface area is 161 Å². The molecule has 1 aromatic carbocycles. The van der Waals surface area contributed by atoms with Gasteiger partial charge in [-0.15, -0.1) is 0 Å². The number of pyridine rings is 1. The van der Waals surface area contributed by atoms with E-state index in [1.807, 2.05) is 12.3 Å². The summed E-state index contributed by atoms with van der Waals surface area (Å²) in [7, 11) is 0. The summed E-state index contributed by atoms with van der Waals surface area (Å²) in [4.78, 5) is 9.42. The minimum atomic E-state index is -0.266. The average molecular weight is 370 g/mol. The van der Waals surface area contributed by atoms with Gasteiger partial charge in [0, 0.05) is 55.8 Å². The Morgan fingerprint density at radius 3 is 2.74 bits per heavy atom. The summed E-state index contributed by atoms with van der Waals surface area (Å²) in [5.74, 6) is 0.274. The van der Waals surface area contributed by atoms with Crippen LogP contribution in [-0.2, 0) is 11.2 Å². The van der Waals surface area contributed by atoms with Crippen LogP contribution in [0.2, 0.25) is 0 Å². The fraction of sp³-hybridized carbons (Fsp3) is 0.591. The number of benzene rings is 1. The molecule has 0 spiro atoms. The van der Waals surface area contributed by atoms with E-state index in [9.17, 15) is 5.11 Å². The van der Waals surface area contributed by atoms with E-state index in [-0.39, 0.29) is 17.6 Å². The van der Waals surface area contributed by atoms with Crippen molar-refractivity contribution in [1.82, 2.24) is 14.8 Å². The van der Waals surface area contributed by atoms with Crippen LogP contribution in [0.5, 0.6) is 0 Å². The highest BCUT2D eigenvalue weighted by atomic mass is 16.5. The van der Waals surface area contributed by atoms with E-state index in [0.29, 0.717) is 0 Å². The molecule has 2 atom stereocenters. The van der Waals surface area contributed by atoms with Gasteiger partial charge in [0.15, 0.2) is 0 Å². The Hall–Kier alpha value is -1.53. The molecule has 27 heavy (non-hydrogen) atoms. The molecular weight excluding hydrogens is 338 g/mol. The van der Waals surface area contributed by atoms with E-state index in [1.54, 1.807) is 0 Å². The van der Waals surface area contributed by atoms with Gasteiger partial charge in [-0.2, -0.15) is 0 Å². The quantitative estimate of drug-likeness (QED) is 0.875. The lowest BCUT2D eigenvalue weighted by atomic mass is 9.94. The summed E-state index contributed by atoms with van der Waals surface area (Å²) in [5, 5.41) is 11.9. The molecule has 2 fully saturated rings. The van der Waals surface area contributed by atoms with Gasteiger partial charge < -0.3 is 9.84 Å². The maximum Gasteiger partial charge on any atom is 0.0710 e. The SMILES string of the molecule is CC(C)(CN1C[C@@H](Cc2ccnc3ccccc23)[C@@H](O)C1)N1CCOCC1. The van der Waals surface area contributed by atoms with Crippen molar-refractivity contribution in [3.05, 3.63) is 42.1 Å². The number of likely N-dealkylation sites (tertiary alicyclic amines) is 1. The third-order valence-corrected chi connectivity index (χ3v) is 6.18. The van der Waals surface area contributed by atoms with Gasteiger partial charge >= 0.3 is 0 Å². The molecule has 2 aliphatic rings. The first-order chi connectivity index (χ1) is 13.0. The number of fused-ring (bicyclic) bond motifs is 1. The third kappa shape index (κ3) is 4.16. The summed E-state index contributed by atoms with van der Waals surface area (Å²) in [6.07, 6.45) is 2.52. The van der Waals surface area contributed by atoms with Gasteiger partial charge in [0.25, 0.3) is 0 Å². The standard InChI is InChI=1S/C22H31N3O2/c1-22(2,25-9-11-27-12-10-25)16-24-14-18(21(26)15-24)13-17-7-8-23-20-6-4-3-5-19(17)20/h3-8,18,21,26H,9-16H2,1-2H3/t18-,21+/m1/s1. The molecule has 0 radical (unpaired) electrons. The predicted molar refractivity (Wildman–Crippen MR) is 108 cm³/mol. The van der Waals surface area contributed by atoms with E-state index >= 15 is 0 Å². The molecule has 2 saturated heterocycles. The fourth-order valence-electron chi connectivity index (χ4n) is 4.70. The highest BCUT2D eigenvalue weighted by Crippen LogP contribution is 2.27. The minimum Gasteiger partial charge on any atom is -0.391 e. The second-order valence-electron chi connectivity index (χ2n) is 8.62. The molecule has 2 aliphatic heterocycles. The summed E-state index contributed by atoms with van der Waals surface area (Å²) in [5.41, 5.74) is 2.42. The summed E-state index contributed by atoms with van der Waals surface area (Å²) < 4.78 is 5.50. The summed E-state index contributed by atoms with van der Waals surface area (Å²) in [6, 6.07) is 10.4. The van der Waals surface area contributed by atoms with Crippen molar-refractivity contribution < 1.29 is 9.84 Å². The van der Waals surface area contributed by atoms with Gasteiger partial charge in [-0.05, 0) is 38.0 Å². The molecule has 5 nitrogen and oxygen atoms in total. The van der Waals surface area contributed by atoms with Gasteiger partial charge in [0.1, 0.15) is 0 Å². The zero-order valence-corrected chi connectivity index (χ0v) is 16.5. The molecule has 0 bridgehead atoms. The van der Waals surface area contributed by atoms with Crippen LogP contribution in [0.3, 0.4) is 0 Å². The normalized spacial score (nSPS) is 25.3. The molecule has 0 amide bonds. The van der Waals surface area contributed by atoms with E-state index in [1.165, 1.54) is 10.9 Å². The van der Waals surface area contributed by atoms with Gasteiger partial charge in [0.2, 0.25) is 0 Å². The minimum absolute atomic E-state index is 0.0990. The molecule has 0 aliphatic carbocycles. The average Bonchev–Trinajstić information content (AvgIpc) is 3.01. The first-order valence-electron chi connectivity index (χ1n) is 10.1.